The minimum absolute atomic E-state index is 0.0555. The molecule has 0 aliphatic carbocycles. The number of hydrogen-bond acceptors (Lipinski definition) is 3. The molecular formula is C19H31N3O. The Morgan fingerprint density at radius 1 is 1.22 bits per heavy atom. The number of likely N-dealkylation sites (tertiary alicyclic amines) is 1. The van der Waals surface area contributed by atoms with Crippen molar-refractivity contribution < 1.29 is 4.79 Å². The Bertz CT molecular complexity index is 481. The monoisotopic (exact) mass is 317 g/mol. The van der Waals surface area contributed by atoms with Gasteiger partial charge in [-0.05, 0) is 59.3 Å². The molecule has 1 amide bonds. The standard InChI is InChI=1S/C19H31N3O/c1-15(2)22-12-10-18(11-13-22)21(4)14-19(23)20-16(3)17-8-6-5-7-9-17/h5-9,15-16,18H,10-14H2,1-4H3,(H,20,23)/t16-/m0/s1. The van der Waals surface area contributed by atoms with Crippen LogP contribution in [0.5, 0.6) is 0 Å². The van der Waals surface area contributed by atoms with Gasteiger partial charge in [0.2, 0.25) is 5.91 Å². The van der Waals surface area contributed by atoms with Crippen molar-refractivity contribution in [3.8, 4) is 0 Å². The van der Waals surface area contributed by atoms with E-state index in [0.29, 0.717) is 18.6 Å². The maximum atomic E-state index is 12.3. The van der Waals surface area contributed by atoms with Crippen LogP contribution < -0.4 is 5.32 Å². The Balaban J connectivity index is 1.77. The second-order valence-corrected chi connectivity index (χ2v) is 6.98. The van der Waals surface area contributed by atoms with Gasteiger partial charge in [-0.3, -0.25) is 9.69 Å². The summed E-state index contributed by atoms with van der Waals surface area (Å²) in [6.45, 7) is 9.28. The summed E-state index contributed by atoms with van der Waals surface area (Å²) in [5, 5.41) is 3.10. The lowest BCUT2D eigenvalue weighted by Gasteiger charge is -2.38. The zero-order valence-electron chi connectivity index (χ0n) is 15.0. The van der Waals surface area contributed by atoms with Crippen LogP contribution in [0.1, 0.15) is 45.2 Å². The van der Waals surface area contributed by atoms with Gasteiger partial charge in [-0.25, -0.2) is 0 Å². The van der Waals surface area contributed by atoms with Crippen LogP contribution in [0.2, 0.25) is 0 Å². The third-order valence-corrected chi connectivity index (χ3v) is 4.92. The van der Waals surface area contributed by atoms with Crippen molar-refractivity contribution in [1.29, 1.82) is 0 Å². The van der Waals surface area contributed by atoms with Crippen LogP contribution in [0, 0.1) is 0 Å². The number of carbonyl (C=O) groups is 1. The summed E-state index contributed by atoms with van der Waals surface area (Å²) in [6.07, 6.45) is 2.30. The van der Waals surface area contributed by atoms with Gasteiger partial charge >= 0.3 is 0 Å². The highest BCUT2D eigenvalue weighted by Crippen LogP contribution is 2.17. The normalized spacial score (nSPS) is 18.3. The van der Waals surface area contributed by atoms with Gasteiger partial charge in [0, 0.05) is 12.1 Å². The fraction of sp³-hybridized carbons (Fsp3) is 0.632. The number of likely N-dealkylation sites (N-methyl/N-ethyl adjacent to an activating group) is 1. The van der Waals surface area contributed by atoms with Gasteiger partial charge in [0.1, 0.15) is 0 Å². The van der Waals surface area contributed by atoms with Gasteiger partial charge in [-0.1, -0.05) is 30.3 Å². The maximum absolute atomic E-state index is 12.3. The largest absolute Gasteiger partial charge is 0.348 e. The molecular weight excluding hydrogens is 286 g/mol. The molecule has 0 spiro atoms. The molecule has 128 valence electrons. The van der Waals surface area contributed by atoms with E-state index in [4.69, 9.17) is 0 Å². The summed E-state index contributed by atoms with van der Waals surface area (Å²) < 4.78 is 0. The van der Waals surface area contributed by atoms with Crippen LogP contribution in [0.25, 0.3) is 0 Å². The molecule has 1 aromatic carbocycles. The lowest BCUT2D eigenvalue weighted by molar-refractivity contribution is -0.123. The van der Waals surface area contributed by atoms with Crippen LogP contribution in [0.3, 0.4) is 0 Å². The molecule has 1 N–H and O–H groups in total. The molecule has 23 heavy (non-hydrogen) atoms. The van der Waals surface area contributed by atoms with Crippen molar-refractivity contribution >= 4 is 5.91 Å². The molecule has 0 aromatic heterocycles. The van der Waals surface area contributed by atoms with Crippen LogP contribution >= 0.6 is 0 Å². The number of nitrogens with one attached hydrogen (secondary N) is 1. The van der Waals surface area contributed by atoms with E-state index < -0.39 is 0 Å². The highest BCUT2D eigenvalue weighted by molar-refractivity contribution is 5.78. The smallest absolute Gasteiger partial charge is 0.234 e. The van der Waals surface area contributed by atoms with E-state index in [1.165, 1.54) is 0 Å². The highest BCUT2D eigenvalue weighted by Gasteiger charge is 2.24. The van der Waals surface area contributed by atoms with Crippen molar-refractivity contribution in [3.05, 3.63) is 35.9 Å². The summed E-state index contributed by atoms with van der Waals surface area (Å²) in [6, 6.07) is 11.3. The van der Waals surface area contributed by atoms with E-state index in [1.54, 1.807) is 0 Å². The molecule has 1 aromatic rings. The van der Waals surface area contributed by atoms with Crippen LogP contribution in [-0.2, 0) is 4.79 Å². The molecule has 1 atom stereocenters. The quantitative estimate of drug-likeness (QED) is 0.876. The van der Waals surface area contributed by atoms with Gasteiger partial charge in [0.05, 0.1) is 12.6 Å². The van der Waals surface area contributed by atoms with Crippen molar-refractivity contribution in [3.63, 3.8) is 0 Å². The number of benzene rings is 1. The Kier molecular flexibility index (Phi) is 6.60. The number of hydrogen-bond donors (Lipinski definition) is 1. The molecule has 4 heteroatoms. The zero-order chi connectivity index (χ0) is 16.8. The van der Waals surface area contributed by atoms with E-state index in [9.17, 15) is 4.79 Å². The average molecular weight is 317 g/mol. The van der Waals surface area contributed by atoms with E-state index in [1.807, 2.05) is 25.1 Å². The van der Waals surface area contributed by atoms with Crippen LogP contribution in [0.15, 0.2) is 30.3 Å². The molecule has 0 unspecified atom stereocenters. The summed E-state index contributed by atoms with van der Waals surface area (Å²) in [4.78, 5) is 17.0. The summed E-state index contributed by atoms with van der Waals surface area (Å²) in [5.74, 6) is 0.107. The van der Waals surface area contributed by atoms with Crippen molar-refractivity contribution in [2.75, 3.05) is 26.7 Å². The average Bonchev–Trinajstić information content (AvgIpc) is 2.55. The van der Waals surface area contributed by atoms with E-state index in [-0.39, 0.29) is 11.9 Å². The lowest BCUT2D eigenvalue weighted by Crippen LogP contribution is -2.48. The van der Waals surface area contributed by atoms with Gasteiger partial charge in [-0.15, -0.1) is 0 Å². The molecule has 1 saturated heterocycles. The fourth-order valence-electron chi connectivity index (χ4n) is 3.31. The molecule has 0 saturated carbocycles. The molecule has 2 rings (SSSR count). The minimum atomic E-state index is 0.0555. The summed E-state index contributed by atoms with van der Waals surface area (Å²) in [7, 11) is 2.07. The Labute approximate surface area is 140 Å². The predicted molar refractivity (Wildman–Crippen MR) is 95.4 cm³/mol. The number of carbonyl (C=O) groups excluding carboxylic acids is 1. The minimum Gasteiger partial charge on any atom is -0.348 e. The van der Waals surface area contributed by atoms with Gasteiger partial charge in [0.25, 0.3) is 0 Å². The van der Waals surface area contributed by atoms with Crippen LogP contribution in [0.4, 0.5) is 0 Å². The van der Waals surface area contributed by atoms with Crippen molar-refractivity contribution in [1.82, 2.24) is 15.1 Å². The first-order chi connectivity index (χ1) is 11.0. The van der Waals surface area contributed by atoms with Crippen LogP contribution in [-0.4, -0.2) is 54.5 Å². The molecule has 4 nitrogen and oxygen atoms in total. The van der Waals surface area contributed by atoms with Crippen molar-refractivity contribution in [2.45, 2.75) is 51.7 Å². The van der Waals surface area contributed by atoms with E-state index in [0.717, 1.165) is 31.5 Å². The Hall–Kier alpha value is -1.39. The molecule has 0 radical (unpaired) electrons. The molecule has 1 aliphatic heterocycles. The summed E-state index contributed by atoms with van der Waals surface area (Å²) >= 11 is 0. The molecule has 1 aliphatic rings. The predicted octanol–water partition coefficient (Wildman–Crippen LogP) is 2.67. The first-order valence-corrected chi connectivity index (χ1v) is 8.76. The van der Waals surface area contributed by atoms with Gasteiger partial charge in [-0.2, -0.15) is 0 Å². The molecule has 1 heterocycles. The van der Waals surface area contributed by atoms with Gasteiger partial charge in [0.15, 0.2) is 0 Å². The second kappa shape index (κ2) is 8.46. The highest BCUT2D eigenvalue weighted by atomic mass is 16.2. The van der Waals surface area contributed by atoms with Crippen molar-refractivity contribution in [2.24, 2.45) is 0 Å². The number of rotatable bonds is 6. The van der Waals surface area contributed by atoms with E-state index in [2.05, 4.69) is 48.1 Å². The fourth-order valence-corrected chi connectivity index (χ4v) is 3.31. The molecule has 0 bridgehead atoms. The summed E-state index contributed by atoms with van der Waals surface area (Å²) in [5.41, 5.74) is 1.15. The Morgan fingerprint density at radius 2 is 1.83 bits per heavy atom. The first kappa shape index (κ1) is 18.0. The first-order valence-electron chi connectivity index (χ1n) is 8.76. The Morgan fingerprint density at radius 3 is 2.39 bits per heavy atom. The lowest BCUT2D eigenvalue weighted by atomic mass is 10.0. The second-order valence-electron chi connectivity index (χ2n) is 6.98. The number of amides is 1. The zero-order valence-corrected chi connectivity index (χ0v) is 15.0. The number of piperidine rings is 1. The van der Waals surface area contributed by atoms with E-state index >= 15 is 0 Å². The SMILES string of the molecule is CC(C)N1CCC(N(C)CC(=O)N[C@@H](C)c2ccccc2)CC1. The van der Waals surface area contributed by atoms with Gasteiger partial charge < -0.3 is 10.2 Å². The molecule has 1 fully saturated rings. The third kappa shape index (κ3) is 5.33. The topological polar surface area (TPSA) is 35.6 Å². The third-order valence-electron chi connectivity index (χ3n) is 4.92. The number of nitrogens with zero attached hydrogens (tertiary/aromatic N) is 2. The maximum Gasteiger partial charge on any atom is 0.234 e.